The Labute approximate surface area is 108 Å². The zero-order valence-corrected chi connectivity index (χ0v) is 10.5. The van der Waals surface area contributed by atoms with Crippen LogP contribution in [0.2, 0.25) is 0 Å². The molecule has 2 aliphatic rings. The molecule has 0 unspecified atom stereocenters. The van der Waals surface area contributed by atoms with Crippen LogP contribution in [-0.2, 0) is 0 Å². The van der Waals surface area contributed by atoms with Gasteiger partial charge in [0.2, 0.25) is 0 Å². The highest BCUT2D eigenvalue weighted by molar-refractivity contribution is 5.63. The van der Waals surface area contributed by atoms with Gasteiger partial charge in [0.15, 0.2) is 0 Å². The van der Waals surface area contributed by atoms with Crippen LogP contribution in [0.4, 0.5) is 11.4 Å². The molecule has 0 spiro atoms. The summed E-state index contributed by atoms with van der Waals surface area (Å²) in [4.78, 5) is 4.94. The molecule has 1 aromatic rings. The third kappa shape index (κ3) is 2.14. The van der Waals surface area contributed by atoms with Crippen LogP contribution in [-0.4, -0.2) is 37.1 Å². The van der Waals surface area contributed by atoms with Gasteiger partial charge in [-0.2, -0.15) is 5.26 Å². The molecule has 0 aromatic heterocycles. The van der Waals surface area contributed by atoms with Crippen LogP contribution in [0.1, 0.15) is 18.4 Å². The summed E-state index contributed by atoms with van der Waals surface area (Å²) in [6.45, 7) is 4.40. The van der Waals surface area contributed by atoms with Crippen LogP contribution < -0.4 is 10.6 Å². The predicted octanol–water partition coefficient (Wildman–Crippen LogP) is 1.42. The van der Waals surface area contributed by atoms with Crippen molar-refractivity contribution in [1.29, 1.82) is 5.26 Å². The van der Waals surface area contributed by atoms with Crippen LogP contribution in [0.25, 0.3) is 0 Å². The van der Waals surface area contributed by atoms with Crippen LogP contribution in [0.3, 0.4) is 0 Å². The van der Waals surface area contributed by atoms with E-state index >= 15 is 0 Å². The summed E-state index contributed by atoms with van der Waals surface area (Å²) in [7, 11) is 0. The van der Waals surface area contributed by atoms with Crippen LogP contribution in [0.5, 0.6) is 0 Å². The Kier molecular flexibility index (Phi) is 2.85. The molecule has 2 fully saturated rings. The molecule has 4 nitrogen and oxygen atoms in total. The fraction of sp³-hybridized carbons (Fsp3) is 0.500. The summed E-state index contributed by atoms with van der Waals surface area (Å²) >= 11 is 0. The zero-order valence-electron chi connectivity index (χ0n) is 10.5. The molecule has 1 saturated heterocycles. The summed E-state index contributed by atoms with van der Waals surface area (Å²) in [5, 5.41) is 8.87. The van der Waals surface area contributed by atoms with E-state index in [4.69, 9.17) is 11.0 Å². The van der Waals surface area contributed by atoms with Gasteiger partial charge in [0.1, 0.15) is 6.07 Å². The second-order valence-corrected chi connectivity index (χ2v) is 5.14. The fourth-order valence-corrected chi connectivity index (χ4v) is 2.63. The van der Waals surface area contributed by atoms with Crippen molar-refractivity contribution in [3.63, 3.8) is 0 Å². The Hall–Kier alpha value is -1.73. The summed E-state index contributed by atoms with van der Waals surface area (Å²) in [5.41, 5.74) is 8.15. The van der Waals surface area contributed by atoms with Crippen LogP contribution >= 0.6 is 0 Å². The van der Waals surface area contributed by atoms with Gasteiger partial charge in [0, 0.05) is 37.9 Å². The highest BCUT2D eigenvalue weighted by Crippen LogP contribution is 2.29. The van der Waals surface area contributed by atoms with Gasteiger partial charge in [0.25, 0.3) is 0 Å². The van der Waals surface area contributed by atoms with Gasteiger partial charge in [-0.3, -0.25) is 4.90 Å². The van der Waals surface area contributed by atoms with Crippen LogP contribution in [0, 0.1) is 11.3 Å². The Bertz CT molecular complexity index is 479. The lowest BCUT2D eigenvalue weighted by molar-refractivity contribution is 0.248. The Morgan fingerprint density at radius 3 is 2.44 bits per heavy atom. The van der Waals surface area contributed by atoms with E-state index in [0.717, 1.165) is 37.9 Å². The lowest BCUT2D eigenvalue weighted by Crippen LogP contribution is -2.47. The molecular weight excluding hydrogens is 224 g/mol. The second-order valence-electron chi connectivity index (χ2n) is 5.14. The maximum Gasteiger partial charge on any atom is 0.101 e. The average Bonchev–Trinajstić information content (AvgIpc) is 3.23. The normalized spacial score (nSPS) is 20.7. The topological polar surface area (TPSA) is 56.3 Å². The van der Waals surface area contributed by atoms with Crippen molar-refractivity contribution >= 4 is 11.4 Å². The minimum atomic E-state index is 0.565. The van der Waals surface area contributed by atoms with Crippen molar-refractivity contribution in [3.8, 4) is 6.07 Å². The summed E-state index contributed by atoms with van der Waals surface area (Å²) in [6.07, 6.45) is 2.76. The Balaban J connectivity index is 1.68. The Morgan fingerprint density at radius 2 is 1.89 bits per heavy atom. The molecule has 1 saturated carbocycles. The van der Waals surface area contributed by atoms with E-state index in [-0.39, 0.29) is 0 Å². The van der Waals surface area contributed by atoms with Gasteiger partial charge in [-0.05, 0) is 31.0 Å². The number of anilines is 2. The van der Waals surface area contributed by atoms with E-state index in [0.29, 0.717) is 11.3 Å². The molecule has 18 heavy (non-hydrogen) atoms. The molecule has 94 valence electrons. The molecule has 2 N–H and O–H groups in total. The molecule has 1 heterocycles. The smallest absolute Gasteiger partial charge is 0.101 e. The van der Waals surface area contributed by atoms with Gasteiger partial charge in [-0.1, -0.05) is 0 Å². The van der Waals surface area contributed by atoms with Crippen molar-refractivity contribution in [3.05, 3.63) is 23.8 Å². The lowest BCUT2D eigenvalue weighted by Gasteiger charge is -2.36. The van der Waals surface area contributed by atoms with Crippen molar-refractivity contribution in [1.82, 2.24) is 4.90 Å². The molecule has 1 aromatic carbocycles. The van der Waals surface area contributed by atoms with Crippen molar-refractivity contribution in [2.24, 2.45) is 0 Å². The number of piperazine rings is 1. The highest BCUT2D eigenvalue weighted by atomic mass is 15.3. The molecule has 0 amide bonds. The number of benzene rings is 1. The van der Waals surface area contributed by atoms with Gasteiger partial charge < -0.3 is 10.6 Å². The van der Waals surface area contributed by atoms with E-state index in [9.17, 15) is 0 Å². The SMILES string of the molecule is N#Cc1ccc(N2CCN(C3CC3)CC2)cc1N. The maximum atomic E-state index is 8.87. The number of nitrogens with two attached hydrogens (primary N) is 1. The third-order valence-corrected chi connectivity index (χ3v) is 3.90. The lowest BCUT2D eigenvalue weighted by atomic mass is 10.1. The number of nitrogen functional groups attached to an aromatic ring is 1. The molecule has 0 radical (unpaired) electrons. The first-order valence-electron chi connectivity index (χ1n) is 6.56. The molecule has 3 rings (SSSR count). The van der Waals surface area contributed by atoms with Gasteiger partial charge in [-0.25, -0.2) is 0 Å². The standard InChI is InChI=1S/C14H18N4/c15-10-11-1-2-13(9-14(11)16)18-7-5-17(6-8-18)12-3-4-12/h1-2,9,12H,3-8,16H2. The summed E-state index contributed by atoms with van der Waals surface area (Å²) in [5.74, 6) is 0. The zero-order chi connectivity index (χ0) is 12.5. The van der Waals surface area contributed by atoms with Crippen LogP contribution in [0.15, 0.2) is 18.2 Å². The minimum Gasteiger partial charge on any atom is -0.398 e. The van der Waals surface area contributed by atoms with E-state index in [2.05, 4.69) is 15.9 Å². The van der Waals surface area contributed by atoms with Gasteiger partial charge in [0.05, 0.1) is 11.3 Å². The fourth-order valence-electron chi connectivity index (χ4n) is 2.63. The number of hydrogen-bond acceptors (Lipinski definition) is 4. The quantitative estimate of drug-likeness (QED) is 0.797. The molecule has 4 heteroatoms. The van der Waals surface area contributed by atoms with E-state index in [1.807, 2.05) is 18.2 Å². The largest absolute Gasteiger partial charge is 0.398 e. The summed E-state index contributed by atoms with van der Waals surface area (Å²) in [6, 6.07) is 8.70. The van der Waals surface area contributed by atoms with Gasteiger partial charge >= 0.3 is 0 Å². The molecule has 1 aliphatic heterocycles. The number of hydrogen-bond donors (Lipinski definition) is 1. The first-order valence-corrected chi connectivity index (χ1v) is 6.56. The molecule has 0 atom stereocenters. The first-order chi connectivity index (χ1) is 8.78. The third-order valence-electron chi connectivity index (χ3n) is 3.90. The minimum absolute atomic E-state index is 0.565. The predicted molar refractivity (Wildman–Crippen MR) is 72.4 cm³/mol. The average molecular weight is 242 g/mol. The maximum absolute atomic E-state index is 8.87. The molecular formula is C14H18N4. The summed E-state index contributed by atoms with van der Waals surface area (Å²) < 4.78 is 0. The molecule has 0 bridgehead atoms. The monoisotopic (exact) mass is 242 g/mol. The van der Waals surface area contributed by atoms with Crippen molar-refractivity contribution < 1.29 is 0 Å². The first kappa shape index (κ1) is 11.4. The molecule has 1 aliphatic carbocycles. The number of nitriles is 1. The van der Waals surface area contributed by atoms with Crippen molar-refractivity contribution in [2.45, 2.75) is 18.9 Å². The Morgan fingerprint density at radius 1 is 1.17 bits per heavy atom. The van der Waals surface area contributed by atoms with E-state index < -0.39 is 0 Å². The van der Waals surface area contributed by atoms with Gasteiger partial charge in [-0.15, -0.1) is 0 Å². The van der Waals surface area contributed by atoms with E-state index in [1.54, 1.807) is 0 Å². The van der Waals surface area contributed by atoms with Crippen molar-refractivity contribution in [2.75, 3.05) is 36.8 Å². The van der Waals surface area contributed by atoms with E-state index in [1.165, 1.54) is 12.8 Å². The second kappa shape index (κ2) is 4.51. The number of rotatable bonds is 2. The highest BCUT2D eigenvalue weighted by Gasteiger charge is 2.31. The number of nitrogens with zero attached hydrogens (tertiary/aromatic N) is 3.